The van der Waals surface area contributed by atoms with Gasteiger partial charge in [0.15, 0.2) is 6.10 Å². The summed E-state index contributed by atoms with van der Waals surface area (Å²) in [5.41, 5.74) is 0. The molecule has 3 aliphatic rings. The van der Waals surface area contributed by atoms with Crippen molar-refractivity contribution >= 4 is 11.9 Å². The van der Waals surface area contributed by atoms with E-state index >= 15 is 0 Å². The van der Waals surface area contributed by atoms with Crippen LogP contribution in [0, 0.1) is 11.8 Å². The van der Waals surface area contributed by atoms with Crippen molar-refractivity contribution in [1.82, 2.24) is 0 Å². The second-order valence-electron chi connectivity index (χ2n) is 3.38. The van der Waals surface area contributed by atoms with Crippen LogP contribution in [0.15, 0.2) is 11.9 Å². The van der Waals surface area contributed by atoms with Crippen LogP contribution < -0.4 is 0 Å². The predicted octanol–water partition coefficient (Wildman–Crippen LogP) is 0.574. The number of rotatable bonds is 1. The van der Waals surface area contributed by atoms with E-state index in [1.165, 1.54) is 13.2 Å². The van der Waals surface area contributed by atoms with Crippen molar-refractivity contribution in [2.75, 3.05) is 7.11 Å². The molecule has 0 aromatic heterocycles. The first-order valence-corrected chi connectivity index (χ1v) is 4.29. The molecule has 0 aromatic rings. The first-order chi connectivity index (χ1) is 6.63. The maximum atomic E-state index is 13.2. The zero-order valence-electron chi connectivity index (χ0n) is 7.53. The summed E-state index contributed by atoms with van der Waals surface area (Å²) in [6, 6.07) is 0. The third-order valence-corrected chi connectivity index (χ3v) is 2.56. The topological polar surface area (TPSA) is 52.6 Å². The van der Waals surface area contributed by atoms with E-state index in [0.29, 0.717) is 0 Å². The molecule has 3 rings (SSSR count). The summed E-state index contributed by atoms with van der Waals surface area (Å²) in [6.45, 7) is 0. The molecule has 14 heavy (non-hydrogen) atoms. The molecule has 1 saturated heterocycles. The fourth-order valence-electron chi connectivity index (χ4n) is 1.83. The van der Waals surface area contributed by atoms with E-state index in [4.69, 9.17) is 4.74 Å². The number of carbonyl (C=O) groups excluding carboxylic acids is 2. The van der Waals surface area contributed by atoms with E-state index in [-0.39, 0.29) is 6.42 Å². The third kappa shape index (κ3) is 1.20. The van der Waals surface area contributed by atoms with E-state index in [2.05, 4.69) is 4.74 Å². The fourth-order valence-corrected chi connectivity index (χ4v) is 1.83. The number of carbonyl (C=O) groups is 2. The largest absolute Gasteiger partial charge is 0.469 e. The molecule has 1 fully saturated rings. The molecule has 0 radical (unpaired) electrons. The normalized spacial score (nSPS) is 34.9. The Morgan fingerprint density at radius 1 is 1.71 bits per heavy atom. The summed E-state index contributed by atoms with van der Waals surface area (Å²) in [5.74, 6) is -2.86. The highest BCUT2D eigenvalue weighted by atomic mass is 19.1. The minimum atomic E-state index is -1.07. The lowest BCUT2D eigenvalue weighted by atomic mass is 9.81. The van der Waals surface area contributed by atoms with Gasteiger partial charge in [-0.15, -0.1) is 0 Å². The van der Waals surface area contributed by atoms with E-state index in [9.17, 15) is 14.0 Å². The second kappa shape index (κ2) is 3.08. The van der Waals surface area contributed by atoms with Crippen molar-refractivity contribution in [2.45, 2.75) is 12.5 Å². The van der Waals surface area contributed by atoms with Gasteiger partial charge in [-0.05, 0) is 12.5 Å². The summed E-state index contributed by atoms with van der Waals surface area (Å²) in [4.78, 5) is 22.3. The molecule has 76 valence electrons. The molecule has 0 unspecified atom stereocenters. The number of halogens is 1. The quantitative estimate of drug-likeness (QED) is 0.581. The monoisotopic (exact) mass is 200 g/mol. The molecular formula is C9H9FO4. The zero-order valence-corrected chi connectivity index (χ0v) is 7.53. The third-order valence-electron chi connectivity index (χ3n) is 2.56. The van der Waals surface area contributed by atoms with Crippen molar-refractivity contribution < 1.29 is 23.5 Å². The molecule has 0 spiro atoms. The predicted molar refractivity (Wildman–Crippen MR) is 42.7 cm³/mol. The Kier molecular flexibility index (Phi) is 2.02. The number of ether oxygens (including phenoxy) is 2. The molecular weight excluding hydrogens is 191 g/mol. The summed E-state index contributed by atoms with van der Waals surface area (Å²) in [6.07, 6.45) is 0.430. The highest BCUT2D eigenvalue weighted by Crippen LogP contribution is 2.38. The van der Waals surface area contributed by atoms with E-state index in [0.717, 1.165) is 0 Å². The Hall–Kier alpha value is -1.39. The van der Waals surface area contributed by atoms with Crippen LogP contribution in [0.1, 0.15) is 6.42 Å². The van der Waals surface area contributed by atoms with Crippen molar-refractivity contribution in [2.24, 2.45) is 11.8 Å². The van der Waals surface area contributed by atoms with Crippen LogP contribution in [0.25, 0.3) is 0 Å². The average Bonchev–Trinajstić information content (AvgIpc) is 2.18. The smallest absolute Gasteiger partial charge is 0.313 e. The Balaban J connectivity index is 2.25. The zero-order chi connectivity index (χ0) is 10.3. The summed E-state index contributed by atoms with van der Waals surface area (Å²) in [7, 11) is 1.23. The van der Waals surface area contributed by atoms with Gasteiger partial charge in [0.1, 0.15) is 11.7 Å². The molecule has 0 amide bonds. The molecule has 0 saturated carbocycles. The Morgan fingerprint density at radius 3 is 3.00 bits per heavy atom. The van der Waals surface area contributed by atoms with Crippen molar-refractivity contribution in [1.29, 1.82) is 0 Å². The van der Waals surface area contributed by atoms with Gasteiger partial charge in [0, 0.05) is 0 Å². The average molecular weight is 200 g/mol. The van der Waals surface area contributed by atoms with Crippen LogP contribution in [-0.4, -0.2) is 25.2 Å². The SMILES string of the molecule is COC(=O)[C@@H]1C[C@H]2C=C(F)[C@@H]1OC2=O. The van der Waals surface area contributed by atoms with Crippen LogP contribution in [-0.2, 0) is 19.1 Å². The molecule has 0 N–H and O–H groups in total. The van der Waals surface area contributed by atoms with Crippen LogP contribution in [0.3, 0.4) is 0 Å². The molecule has 1 aliphatic carbocycles. The highest BCUT2D eigenvalue weighted by Gasteiger charge is 2.47. The summed E-state index contributed by atoms with van der Waals surface area (Å²) in [5, 5.41) is 0. The van der Waals surface area contributed by atoms with Gasteiger partial charge in [-0.2, -0.15) is 0 Å². The lowest BCUT2D eigenvalue weighted by Gasteiger charge is -2.36. The van der Waals surface area contributed by atoms with Crippen LogP contribution in [0.2, 0.25) is 0 Å². The van der Waals surface area contributed by atoms with Gasteiger partial charge in [0.05, 0.1) is 13.0 Å². The van der Waals surface area contributed by atoms with Gasteiger partial charge in [0.25, 0.3) is 0 Å². The van der Waals surface area contributed by atoms with Gasteiger partial charge in [-0.1, -0.05) is 0 Å². The van der Waals surface area contributed by atoms with Crippen LogP contribution in [0.4, 0.5) is 4.39 Å². The second-order valence-corrected chi connectivity index (χ2v) is 3.38. The molecule has 2 heterocycles. The number of esters is 2. The maximum Gasteiger partial charge on any atom is 0.313 e. The van der Waals surface area contributed by atoms with Gasteiger partial charge >= 0.3 is 11.9 Å². The first kappa shape index (κ1) is 9.18. The van der Waals surface area contributed by atoms with Crippen molar-refractivity contribution in [3.05, 3.63) is 11.9 Å². The van der Waals surface area contributed by atoms with Gasteiger partial charge in [0.2, 0.25) is 0 Å². The standard InChI is InChI=1S/C9H9FO4/c1-13-9(12)5-2-4-3-6(10)7(5)14-8(4)11/h3-5,7H,2H2,1H3/t4-,5+,7+/m0/s1. The van der Waals surface area contributed by atoms with Crippen molar-refractivity contribution in [3.63, 3.8) is 0 Å². The van der Waals surface area contributed by atoms with Crippen LogP contribution >= 0.6 is 0 Å². The number of fused-ring (bicyclic) bond motifs is 2. The first-order valence-electron chi connectivity index (χ1n) is 4.29. The highest BCUT2D eigenvalue weighted by molar-refractivity contribution is 5.82. The Labute approximate surface area is 79.7 Å². The molecule has 5 heteroatoms. The van der Waals surface area contributed by atoms with Gasteiger partial charge < -0.3 is 9.47 Å². The fraction of sp³-hybridized carbons (Fsp3) is 0.556. The summed E-state index contributed by atoms with van der Waals surface area (Å²) < 4.78 is 22.4. The minimum absolute atomic E-state index is 0.281. The minimum Gasteiger partial charge on any atom is -0.469 e. The molecule has 3 atom stereocenters. The van der Waals surface area contributed by atoms with E-state index < -0.39 is 35.7 Å². The van der Waals surface area contributed by atoms with Crippen molar-refractivity contribution in [3.8, 4) is 0 Å². The van der Waals surface area contributed by atoms with Gasteiger partial charge in [-0.25, -0.2) is 4.39 Å². The van der Waals surface area contributed by atoms with E-state index in [1.54, 1.807) is 0 Å². The molecule has 4 nitrogen and oxygen atoms in total. The van der Waals surface area contributed by atoms with Crippen LogP contribution in [0.5, 0.6) is 0 Å². The molecule has 2 aliphatic heterocycles. The summed E-state index contributed by atoms with van der Waals surface area (Å²) >= 11 is 0. The van der Waals surface area contributed by atoms with E-state index in [1.807, 2.05) is 0 Å². The Morgan fingerprint density at radius 2 is 2.43 bits per heavy atom. The lowest BCUT2D eigenvalue weighted by molar-refractivity contribution is -0.172. The molecule has 2 bridgehead atoms. The Bertz CT molecular complexity index is 323. The number of hydrogen-bond donors (Lipinski definition) is 0. The number of hydrogen-bond acceptors (Lipinski definition) is 4. The maximum absolute atomic E-state index is 13.2. The molecule has 0 aromatic carbocycles. The van der Waals surface area contributed by atoms with Gasteiger partial charge in [-0.3, -0.25) is 9.59 Å². The lowest BCUT2D eigenvalue weighted by Crippen LogP contribution is -2.46. The number of methoxy groups -OCH3 is 1.